The first kappa shape index (κ1) is 54.6. The number of nitrogens with zero attached hydrogens (tertiary/aromatic N) is 3. The van der Waals surface area contributed by atoms with Gasteiger partial charge in [-0.05, 0) is 102 Å². The third-order valence-corrected chi connectivity index (χ3v) is 14.1. The molecule has 2 aliphatic heterocycles. The highest BCUT2D eigenvalue weighted by Crippen LogP contribution is 2.41. The zero-order valence-corrected chi connectivity index (χ0v) is 43.8. The van der Waals surface area contributed by atoms with E-state index in [1.165, 1.54) is 4.90 Å². The van der Waals surface area contributed by atoms with Crippen molar-refractivity contribution < 1.29 is 43.3 Å². The summed E-state index contributed by atoms with van der Waals surface area (Å²) in [6, 6.07) is 27.0. The predicted molar refractivity (Wildman–Crippen MR) is 283 cm³/mol. The third kappa shape index (κ3) is 14.5. The molecule has 5 aromatic rings. The van der Waals surface area contributed by atoms with Gasteiger partial charge in [0.1, 0.15) is 18.7 Å². The molecular weight excluding hydrogens is 970 g/mol. The van der Waals surface area contributed by atoms with Crippen LogP contribution < -0.4 is 26.2 Å². The van der Waals surface area contributed by atoms with Gasteiger partial charge in [-0.15, -0.1) is 11.3 Å². The minimum absolute atomic E-state index is 0.00621. The lowest BCUT2D eigenvalue weighted by Gasteiger charge is -2.39. The first-order valence-electron chi connectivity index (χ1n) is 24.6. The standard InChI is InChI=1S/C55H66ClN7O9S/c1-34-27-46(60-43-18-16-42(56)17-19-43)45-28-41(15-20-47(45)63(34)36(3)64)38-11-13-40(14-12-38)52(67)57-21-22-70-23-24-71-25-26-72-32-49(66)61-51(55(4,5)6)54(69)62-31-44(65)29-48(62)53(68)58-30-37-7-9-39(10-8-37)50-35(2)59-33-73-50/h7-20,28,33-34,44,46,48,51,60,65H,21-27,29-32H2,1-6H3,(H,57,67)(H,58,68)(H,61,66). The number of nitrogens with one attached hydrogen (secondary N) is 4. The highest BCUT2D eigenvalue weighted by molar-refractivity contribution is 7.13. The third-order valence-electron chi connectivity index (χ3n) is 12.9. The van der Waals surface area contributed by atoms with E-state index >= 15 is 0 Å². The minimum atomic E-state index is -0.984. The van der Waals surface area contributed by atoms with Crippen LogP contribution in [-0.4, -0.2) is 121 Å². The number of anilines is 2. The molecular formula is C55H66ClN7O9S. The van der Waals surface area contributed by atoms with Gasteiger partial charge in [0, 0.05) is 61.0 Å². The largest absolute Gasteiger partial charge is 0.391 e. The molecule has 3 heterocycles. The lowest BCUT2D eigenvalue weighted by Crippen LogP contribution is -2.58. The van der Waals surface area contributed by atoms with E-state index in [1.807, 2.05) is 111 Å². The zero-order valence-electron chi connectivity index (χ0n) is 42.2. The number of carbonyl (C=O) groups excluding carboxylic acids is 5. The molecule has 5 N–H and O–H groups in total. The van der Waals surface area contributed by atoms with Gasteiger partial charge in [-0.1, -0.05) is 74.8 Å². The highest BCUT2D eigenvalue weighted by atomic mass is 35.5. The molecule has 1 aromatic heterocycles. The first-order valence-corrected chi connectivity index (χ1v) is 25.8. The van der Waals surface area contributed by atoms with Crippen LogP contribution in [-0.2, 0) is 39.9 Å². The molecule has 0 saturated carbocycles. The normalized spacial score (nSPS) is 17.9. The molecule has 2 aliphatic rings. The molecule has 5 amide bonds. The number of hydrogen-bond acceptors (Lipinski definition) is 12. The molecule has 0 bridgehead atoms. The van der Waals surface area contributed by atoms with Crippen LogP contribution in [0.25, 0.3) is 21.6 Å². The first-order chi connectivity index (χ1) is 35.0. The van der Waals surface area contributed by atoms with E-state index in [0.29, 0.717) is 17.1 Å². The average Bonchev–Trinajstić information content (AvgIpc) is 3.99. The Labute approximate surface area is 436 Å². The van der Waals surface area contributed by atoms with E-state index in [-0.39, 0.29) is 89.0 Å². The fourth-order valence-corrected chi connectivity index (χ4v) is 10.1. The molecule has 0 aliphatic carbocycles. The van der Waals surface area contributed by atoms with Crippen molar-refractivity contribution in [2.24, 2.45) is 5.41 Å². The fourth-order valence-electron chi connectivity index (χ4n) is 9.15. The van der Waals surface area contributed by atoms with Gasteiger partial charge < -0.3 is 50.4 Å². The summed E-state index contributed by atoms with van der Waals surface area (Å²) in [6.07, 6.45) is -0.0721. The van der Waals surface area contributed by atoms with Crippen LogP contribution >= 0.6 is 22.9 Å². The summed E-state index contributed by atoms with van der Waals surface area (Å²) >= 11 is 7.70. The number of thiazole rings is 1. The number of β-amino-alcohol motifs (C(OH)–C–C–N with tert-alkyl or cyclic N) is 1. The predicted octanol–water partition coefficient (Wildman–Crippen LogP) is 7.33. The van der Waals surface area contributed by atoms with Crippen molar-refractivity contribution in [3.8, 4) is 21.6 Å². The molecule has 18 heteroatoms. The minimum Gasteiger partial charge on any atom is -0.391 e. The van der Waals surface area contributed by atoms with Crippen molar-refractivity contribution in [2.75, 3.05) is 62.9 Å². The number of hydrogen-bond donors (Lipinski definition) is 5. The number of benzene rings is 4. The Kier molecular flexibility index (Phi) is 18.8. The van der Waals surface area contributed by atoms with Crippen LogP contribution in [0, 0.1) is 12.3 Å². The maximum Gasteiger partial charge on any atom is 0.251 e. The van der Waals surface area contributed by atoms with Gasteiger partial charge in [-0.3, -0.25) is 24.0 Å². The Hall–Kier alpha value is -6.21. The lowest BCUT2D eigenvalue weighted by atomic mass is 9.85. The fraction of sp³-hybridized carbons (Fsp3) is 0.418. The van der Waals surface area contributed by atoms with E-state index in [9.17, 15) is 29.1 Å². The number of carbonyl (C=O) groups is 5. The molecule has 73 heavy (non-hydrogen) atoms. The maximum atomic E-state index is 14.0. The zero-order chi connectivity index (χ0) is 52.2. The summed E-state index contributed by atoms with van der Waals surface area (Å²) in [4.78, 5) is 74.7. The average molecular weight is 1040 g/mol. The monoisotopic (exact) mass is 1040 g/mol. The van der Waals surface area contributed by atoms with Crippen LogP contribution in [0.15, 0.2) is 96.5 Å². The van der Waals surface area contributed by atoms with E-state index in [0.717, 1.165) is 56.2 Å². The molecule has 5 atom stereocenters. The summed E-state index contributed by atoms with van der Waals surface area (Å²) in [5.74, 6) is -1.58. The summed E-state index contributed by atoms with van der Waals surface area (Å²) < 4.78 is 16.8. The second-order valence-electron chi connectivity index (χ2n) is 19.5. The number of likely N-dealkylation sites (tertiary alicyclic amines) is 1. The van der Waals surface area contributed by atoms with Crippen LogP contribution in [0.3, 0.4) is 0 Å². The van der Waals surface area contributed by atoms with Crippen LogP contribution in [0.1, 0.15) is 80.7 Å². The SMILES string of the molecule is CC(=O)N1c2ccc(-c3ccc(C(=O)NCCOCCOCCOCC(=O)NC(C(=O)N4CC(O)CC4C(=O)NCc4ccc(-c5scnc5C)cc4)C(C)(C)C)cc3)cc2C(Nc2ccc(Cl)cc2)CC1C. The van der Waals surface area contributed by atoms with E-state index < -0.39 is 35.4 Å². The van der Waals surface area contributed by atoms with Crippen molar-refractivity contribution in [1.29, 1.82) is 0 Å². The van der Waals surface area contributed by atoms with Crippen molar-refractivity contribution in [2.45, 2.75) is 91.2 Å². The number of aromatic nitrogens is 1. The molecule has 0 radical (unpaired) electrons. The number of amides is 5. The number of fused-ring (bicyclic) bond motifs is 1. The summed E-state index contributed by atoms with van der Waals surface area (Å²) in [7, 11) is 0. The van der Waals surface area contributed by atoms with Crippen molar-refractivity contribution in [3.63, 3.8) is 0 Å². The number of aliphatic hydroxyl groups excluding tert-OH is 1. The molecule has 1 saturated heterocycles. The van der Waals surface area contributed by atoms with Gasteiger partial charge in [-0.2, -0.15) is 0 Å². The summed E-state index contributed by atoms with van der Waals surface area (Å²) in [6.45, 7) is 12.4. The molecule has 5 unspecified atom stereocenters. The number of aryl methyl sites for hydroxylation is 1. The number of rotatable bonds is 21. The van der Waals surface area contributed by atoms with Crippen LogP contribution in [0.4, 0.5) is 11.4 Å². The second-order valence-corrected chi connectivity index (χ2v) is 20.8. The van der Waals surface area contributed by atoms with Gasteiger partial charge in [0.2, 0.25) is 23.6 Å². The van der Waals surface area contributed by atoms with Gasteiger partial charge in [0.25, 0.3) is 5.91 Å². The summed E-state index contributed by atoms with van der Waals surface area (Å²) in [5, 5.41) is 23.4. The quantitative estimate of drug-likeness (QED) is 0.0461. The Morgan fingerprint density at radius 2 is 1.49 bits per heavy atom. The van der Waals surface area contributed by atoms with Crippen LogP contribution in [0.2, 0.25) is 5.02 Å². The molecule has 388 valence electrons. The van der Waals surface area contributed by atoms with Crippen LogP contribution in [0.5, 0.6) is 0 Å². The van der Waals surface area contributed by atoms with Crippen molar-refractivity contribution >= 4 is 63.8 Å². The van der Waals surface area contributed by atoms with E-state index in [1.54, 1.807) is 30.4 Å². The second kappa shape index (κ2) is 25.1. The molecule has 7 rings (SSSR count). The Morgan fingerprint density at radius 1 is 0.836 bits per heavy atom. The van der Waals surface area contributed by atoms with Crippen molar-refractivity contribution in [3.05, 3.63) is 124 Å². The summed E-state index contributed by atoms with van der Waals surface area (Å²) in [5.41, 5.74) is 9.21. The molecule has 16 nitrogen and oxygen atoms in total. The van der Waals surface area contributed by atoms with Gasteiger partial charge in [0.15, 0.2) is 0 Å². The number of ether oxygens (including phenoxy) is 3. The molecule has 0 spiro atoms. The van der Waals surface area contributed by atoms with Gasteiger partial charge in [0.05, 0.1) is 61.3 Å². The highest BCUT2D eigenvalue weighted by Gasteiger charge is 2.44. The van der Waals surface area contributed by atoms with Gasteiger partial charge >= 0.3 is 0 Å². The Balaban J connectivity index is 0.779. The number of aliphatic hydroxyl groups is 1. The smallest absolute Gasteiger partial charge is 0.251 e. The molecule has 1 fully saturated rings. The van der Waals surface area contributed by atoms with E-state index in [4.69, 9.17) is 25.8 Å². The van der Waals surface area contributed by atoms with Gasteiger partial charge in [-0.25, -0.2) is 4.98 Å². The lowest BCUT2D eigenvalue weighted by molar-refractivity contribution is -0.144. The topological polar surface area (TPSA) is 201 Å². The Bertz CT molecular complexity index is 2700. The maximum absolute atomic E-state index is 14.0. The Morgan fingerprint density at radius 3 is 2.15 bits per heavy atom. The molecule has 4 aromatic carbocycles. The van der Waals surface area contributed by atoms with Crippen molar-refractivity contribution in [1.82, 2.24) is 25.8 Å². The number of halogens is 1. The van der Waals surface area contributed by atoms with E-state index in [2.05, 4.69) is 39.2 Å².